The van der Waals surface area contributed by atoms with Crippen molar-refractivity contribution in [1.82, 2.24) is 10.9 Å². The van der Waals surface area contributed by atoms with Crippen molar-refractivity contribution in [3.63, 3.8) is 0 Å². The fourth-order valence-electron chi connectivity index (χ4n) is 1.20. The third-order valence-corrected chi connectivity index (χ3v) is 2.60. The van der Waals surface area contributed by atoms with Gasteiger partial charge in [0.15, 0.2) is 0 Å². The highest BCUT2D eigenvalue weighted by molar-refractivity contribution is 6.42. The Balaban J connectivity index is 2.36. The van der Waals surface area contributed by atoms with E-state index >= 15 is 0 Å². The molecular formula is C9H8Cl2N2. The SMILES string of the molecule is Clc1ccc(C2=CCNN2)cc1Cl. The molecular weight excluding hydrogens is 207 g/mol. The molecule has 0 bridgehead atoms. The van der Waals surface area contributed by atoms with Crippen molar-refractivity contribution in [2.24, 2.45) is 0 Å². The van der Waals surface area contributed by atoms with Gasteiger partial charge in [-0.1, -0.05) is 29.3 Å². The van der Waals surface area contributed by atoms with Gasteiger partial charge in [0.05, 0.1) is 15.7 Å². The fraction of sp³-hybridized carbons (Fsp3) is 0.111. The number of halogens is 2. The van der Waals surface area contributed by atoms with Gasteiger partial charge in [-0.15, -0.1) is 0 Å². The first-order valence-corrected chi connectivity index (χ1v) is 4.67. The van der Waals surface area contributed by atoms with E-state index in [4.69, 9.17) is 23.2 Å². The van der Waals surface area contributed by atoms with Gasteiger partial charge in [-0.05, 0) is 18.2 Å². The summed E-state index contributed by atoms with van der Waals surface area (Å²) in [6.45, 7) is 0.829. The van der Waals surface area contributed by atoms with Crippen LogP contribution in [0.25, 0.3) is 5.70 Å². The van der Waals surface area contributed by atoms with Crippen LogP contribution in [0.2, 0.25) is 10.0 Å². The standard InChI is InChI=1S/C9H8Cl2N2/c10-7-2-1-6(5-8(7)11)9-3-4-12-13-9/h1-3,5,12-13H,4H2. The second-order valence-corrected chi connectivity index (χ2v) is 3.57. The van der Waals surface area contributed by atoms with E-state index in [1.807, 2.05) is 12.1 Å². The molecule has 1 aromatic carbocycles. The molecule has 2 N–H and O–H groups in total. The molecule has 13 heavy (non-hydrogen) atoms. The van der Waals surface area contributed by atoms with E-state index in [9.17, 15) is 0 Å². The van der Waals surface area contributed by atoms with Crippen LogP contribution in [-0.4, -0.2) is 6.54 Å². The molecule has 1 aromatic rings. The van der Waals surface area contributed by atoms with Gasteiger partial charge in [0.25, 0.3) is 0 Å². The number of benzene rings is 1. The zero-order chi connectivity index (χ0) is 9.26. The Morgan fingerprint density at radius 2 is 2.00 bits per heavy atom. The molecule has 0 unspecified atom stereocenters. The van der Waals surface area contributed by atoms with E-state index in [2.05, 4.69) is 16.9 Å². The summed E-state index contributed by atoms with van der Waals surface area (Å²) in [5.41, 5.74) is 8.10. The Morgan fingerprint density at radius 3 is 2.62 bits per heavy atom. The second-order valence-electron chi connectivity index (χ2n) is 2.75. The van der Waals surface area contributed by atoms with Crippen molar-refractivity contribution in [2.75, 3.05) is 6.54 Å². The number of hydrazine groups is 1. The summed E-state index contributed by atoms with van der Waals surface area (Å²) in [6, 6.07) is 5.57. The third kappa shape index (κ3) is 1.80. The minimum absolute atomic E-state index is 0.578. The van der Waals surface area contributed by atoms with Crippen molar-refractivity contribution in [3.05, 3.63) is 39.9 Å². The molecule has 68 valence electrons. The summed E-state index contributed by atoms with van der Waals surface area (Å²) in [7, 11) is 0. The van der Waals surface area contributed by atoms with Crippen LogP contribution in [0.1, 0.15) is 5.56 Å². The van der Waals surface area contributed by atoms with Crippen molar-refractivity contribution in [2.45, 2.75) is 0 Å². The predicted octanol–water partition coefficient (Wildman–Crippen LogP) is 2.44. The summed E-state index contributed by atoms with van der Waals surface area (Å²) in [5, 5.41) is 1.16. The maximum Gasteiger partial charge on any atom is 0.0599 e. The predicted molar refractivity (Wildman–Crippen MR) is 55.6 cm³/mol. The first-order chi connectivity index (χ1) is 6.27. The quantitative estimate of drug-likeness (QED) is 0.751. The highest BCUT2D eigenvalue weighted by Gasteiger charge is 2.06. The van der Waals surface area contributed by atoms with Gasteiger partial charge >= 0.3 is 0 Å². The normalized spacial score (nSPS) is 15.4. The summed E-state index contributed by atoms with van der Waals surface area (Å²) >= 11 is 11.7. The molecule has 2 rings (SSSR count). The van der Waals surface area contributed by atoms with Crippen LogP contribution in [0.5, 0.6) is 0 Å². The maximum atomic E-state index is 5.88. The van der Waals surface area contributed by atoms with Gasteiger partial charge < -0.3 is 5.43 Å². The van der Waals surface area contributed by atoms with Crippen LogP contribution in [-0.2, 0) is 0 Å². The first kappa shape index (κ1) is 8.88. The average Bonchev–Trinajstić information content (AvgIpc) is 2.62. The van der Waals surface area contributed by atoms with Gasteiger partial charge in [-0.3, -0.25) is 0 Å². The summed E-state index contributed by atoms with van der Waals surface area (Å²) < 4.78 is 0. The van der Waals surface area contributed by atoms with Gasteiger partial charge in [-0.2, -0.15) is 0 Å². The molecule has 0 saturated heterocycles. The van der Waals surface area contributed by atoms with Gasteiger partial charge in [-0.25, -0.2) is 5.43 Å². The number of rotatable bonds is 1. The molecule has 0 spiro atoms. The van der Waals surface area contributed by atoms with E-state index in [1.165, 1.54) is 0 Å². The second kappa shape index (κ2) is 3.58. The zero-order valence-corrected chi connectivity index (χ0v) is 8.28. The Kier molecular flexibility index (Phi) is 2.44. The molecule has 4 heteroatoms. The van der Waals surface area contributed by atoms with Crippen LogP contribution in [0.15, 0.2) is 24.3 Å². The van der Waals surface area contributed by atoms with Crippen LogP contribution in [0.4, 0.5) is 0 Å². The van der Waals surface area contributed by atoms with Crippen molar-refractivity contribution in [3.8, 4) is 0 Å². The molecule has 0 fully saturated rings. The molecule has 1 heterocycles. The maximum absolute atomic E-state index is 5.88. The van der Waals surface area contributed by atoms with Gasteiger partial charge in [0, 0.05) is 12.1 Å². The highest BCUT2D eigenvalue weighted by atomic mass is 35.5. The lowest BCUT2D eigenvalue weighted by Crippen LogP contribution is -2.22. The summed E-state index contributed by atoms with van der Waals surface area (Å²) in [5.74, 6) is 0. The van der Waals surface area contributed by atoms with Crippen molar-refractivity contribution >= 4 is 28.9 Å². The van der Waals surface area contributed by atoms with E-state index in [1.54, 1.807) is 6.07 Å². The molecule has 1 aliphatic heterocycles. The van der Waals surface area contributed by atoms with Crippen LogP contribution in [0.3, 0.4) is 0 Å². The highest BCUT2D eigenvalue weighted by Crippen LogP contribution is 2.25. The molecule has 0 aromatic heterocycles. The topological polar surface area (TPSA) is 24.1 Å². The van der Waals surface area contributed by atoms with E-state index in [0.29, 0.717) is 10.0 Å². The molecule has 0 aliphatic carbocycles. The Bertz CT molecular complexity index is 361. The Hall–Kier alpha value is -0.700. The molecule has 0 amide bonds. The van der Waals surface area contributed by atoms with Crippen LogP contribution in [0, 0.1) is 0 Å². The molecule has 0 saturated carbocycles. The summed E-state index contributed by atoms with van der Waals surface area (Å²) in [6.07, 6.45) is 2.06. The lowest BCUT2D eigenvalue weighted by atomic mass is 10.1. The minimum Gasteiger partial charge on any atom is -0.321 e. The largest absolute Gasteiger partial charge is 0.321 e. The third-order valence-electron chi connectivity index (χ3n) is 1.86. The lowest BCUT2D eigenvalue weighted by Gasteiger charge is -2.05. The molecule has 1 aliphatic rings. The molecule has 0 atom stereocenters. The Labute approximate surface area is 86.5 Å². The van der Waals surface area contributed by atoms with Gasteiger partial charge in [0.2, 0.25) is 0 Å². The van der Waals surface area contributed by atoms with Crippen LogP contribution >= 0.6 is 23.2 Å². The zero-order valence-electron chi connectivity index (χ0n) is 6.77. The van der Waals surface area contributed by atoms with E-state index < -0.39 is 0 Å². The lowest BCUT2D eigenvalue weighted by molar-refractivity contribution is 0.738. The van der Waals surface area contributed by atoms with Crippen molar-refractivity contribution in [1.29, 1.82) is 0 Å². The summed E-state index contributed by atoms with van der Waals surface area (Å²) in [4.78, 5) is 0. The number of hydrogen-bond acceptors (Lipinski definition) is 2. The number of hydrogen-bond donors (Lipinski definition) is 2. The fourth-order valence-corrected chi connectivity index (χ4v) is 1.50. The first-order valence-electron chi connectivity index (χ1n) is 3.92. The average molecular weight is 215 g/mol. The van der Waals surface area contributed by atoms with E-state index in [0.717, 1.165) is 17.8 Å². The number of nitrogens with one attached hydrogen (secondary N) is 2. The Morgan fingerprint density at radius 1 is 1.15 bits per heavy atom. The molecule has 0 radical (unpaired) electrons. The monoisotopic (exact) mass is 214 g/mol. The van der Waals surface area contributed by atoms with Crippen LogP contribution < -0.4 is 10.9 Å². The minimum atomic E-state index is 0.578. The van der Waals surface area contributed by atoms with E-state index in [-0.39, 0.29) is 0 Å². The van der Waals surface area contributed by atoms with Crippen molar-refractivity contribution < 1.29 is 0 Å². The smallest absolute Gasteiger partial charge is 0.0599 e. The van der Waals surface area contributed by atoms with Gasteiger partial charge in [0.1, 0.15) is 0 Å². The molecule has 2 nitrogen and oxygen atoms in total.